The fourth-order valence-electron chi connectivity index (χ4n) is 1.91. The van der Waals surface area contributed by atoms with Crippen LogP contribution in [-0.2, 0) is 0 Å². The Morgan fingerprint density at radius 3 is 2.60 bits per heavy atom. The van der Waals surface area contributed by atoms with Crippen LogP contribution in [0, 0.1) is 10.1 Å². The van der Waals surface area contributed by atoms with Crippen LogP contribution in [-0.4, -0.2) is 14.9 Å². The summed E-state index contributed by atoms with van der Waals surface area (Å²) in [5.74, 6) is 0.0376. The van der Waals surface area contributed by atoms with Gasteiger partial charge in [-0.2, -0.15) is 0 Å². The van der Waals surface area contributed by atoms with Crippen LogP contribution in [0.5, 0.6) is 0 Å². The van der Waals surface area contributed by atoms with E-state index in [1.54, 1.807) is 6.20 Å². The monoisotopic (exact) mass is 267 g/mol. The quantitative estimate of drug-likeness (QED) is 0.537. The van der Waals surface area contributed by atoms with Gasteiger partial charge in [0.25, 0.3) is 0 Å². The Balaban J connectivity index is 2.12. The first-order valence-corrected chi connectivity index (χ1v) is 5.86. The maximum absolute atomic E-state index is 10.7. The zero-order valence-electron chi connectivity index (χ0n) is 10.3. The van der Waals surface area contributed by atoms with Gasteiger partial charge in [-0.1, -0.05) is 30.3 Å². The third-order valence-corrected chi connectivity index (χ3v) is 2.80. The molecule has 0 unspecified atom stereocenters. The second-order valence-corrected chi connectivity index (χ2v) is 4.05. The van der Waals surface area contributed by atoms with Gasteiger partial charge in [-0.15, -0.1) is 0 Å². The minimum absolute atomic E-state index is 0.308. The molecule has 0 radical (unpaired) electrons. The molecule has 2 heterocycles. The summed E-state index contributed by atoms with van der Waals surface area (Å²) in [7, 11) is 0. The number of aromatic nitrogens is 2. The van der Waals surface area contributed by atoms with E-state index >= 15 is 0 Å². The Morgan fingerprint density at radius 2 is 1.90 bits per heavy atom. The van der Waals surface area contributed by atoms with Crippen molar-refractivity contribution in [3.8, 4) is 22.6 Å². The van der Waals surface area contributed by atoms with Crippen molar-refractivity contribution in [2.24, 2.45) is 0 Å². The fraction of sp³-hybridized carbons (Fsp3) is 0. The molecule has 0 fully saturated rings. The lowest BCUT2D eigenvalue weighted by molar-refractivity contribution is -0.401. The molecule has 0 N–H and O–H groups in total. The highest BCUT2D eigenvalue weighted by Crippen LogP contribution is 2.32. The molecule has 20 heavy (non-hydrogen) atoms. The van der Waals surface area contributed by atoms with E-state index in [2.05, 4.69) is 9.97 Å². The number of hydrogen-bond acceptors (Lipinski definition) is 5. The van der Waals surface area contributed by atoms with Gasteiger partial charge in [0.1, 0.15) is 16.9 Å². The van der Waals surface area contributed by atoms with Crippen molar-refractivity contribution >= 4 is 5.88 Å². The second-order valence-electron chi connectivity index (χ2n) is 4.05. The molecule has 6 nitrogen and oxygen atoms in total. The summed E-state index contributed by atoms with van der Waals surface area (Å²) in [4.78, 5) is 18.3. The lowest BCUT2D eigenvalue weighted by atomic mass is 10.0. The minimum Gasteiger partial charge on any atom is -0.399 e. The van der Waals surface area contributed by atoms with E-state index in [9.17, 15) is 10.1 Å². The van der Waals surface area contributed by atoms with Gasteiger partial charge in [-0.25, -0.2) is 9.97 Å². The van der Waals surface area contributed by atoms with E-state index in [-0.39, 0.29) is 5.88 Å². The number of rotatable bonds is 3. The van der Waals surface area contributed by atoms with Gasteiger partial charge in [0.05, 0.1) is 6.07 Å². The van der Waals surface area contributed by atoms with Crippen LogP contribution in [0.2, 0.25) is 0 Å². The molecule has 0 aliphatic carbocycles. The van der Waals surface area contributed by atoms with E-state index in [1.165, 1.54) is 18.5 Å². The molecule has 0 saturated heterocycles. The fourth-order valence-corrected chi connectivity index (χ4v) is 1.91. The van der Waals surface area contributed by atoms with Crippen molar-refractivity contribution < 1.29 is 9.34 Å². The van der Waals surface area contributed by atoms with Crippen LogP contribution >= 0.6 is 0 Å². The van der Waals surface area contributed by atoms with Crippen molar-refractivity contribution in [1.82, 2.24) is 9.97 Å². The van der Waals surface area contributed by atoms with Crippen molar-refractivity contribution in [3.05, 3.63) is 65.1 Å². The van der Waals surface area contributed by atoms with Crippen molar-refractivity contribution in [2.45, 2.75) is 0 Å². The zero-order chi connectivity index (χ0) is 13.9. The van der Waals surface area contributed by atoms with E-state index in [0.717, 1.165) is 11.1 Å². The topological polar surface area (TPSA) is 82.1 Å². The Morgan fingerprint density at radius 1 is 1.10 bits per heavy atom. The Kier molecular flexibility index (Phi) is 2.96. The standard InChI is InChI=1S/C14H9N3O3/c18-17(19)13-7-6-12(20-13)14-11(8-15-9-16-14)10-4-2-1-3-5-10/h1-9H. The van der Waals surface area contributed by atoms with Crippen molar-refractivity contribution in [3.63, 3.8) is 0 Å². The van der Waals surface area contributed by atoms with Gasteiger partial charge in [0, 0.05) is 11.8 Å². The molecule has 6 heteroatoms. The second kappa shape index (κ2) is 4.93. The summed E-state index contributed by atoms with van der Waals surface area (Å²) >= 11 is 0. The van der Waals surface area contributed by atoms with Crippen LogP contribution in [0.4, 0.5) is 5.88 Å². The summed E-state index contributed by atoms with van der Waals surface area (Å²) in [6.45, 7) is 0. The summed E-state index contributed by atoms with van der Waals surface area (Å²) in [5.41, 5.74) is 2.21. The first-order chi connectivity index (χ1) is 9.75. The van der Waals surface area contributed by atoms with Gasteiger partial charge in [-0.05, 0) is 11.6 Å². The van der Waals surface area contributed by atoms with Crippen molar-refractivity contribution in [2.75, 3.05) is 0 Å². The summed E-state index contributed by atoms with van der Waals surface area (Å²) < 4.78 is 5.20. The largest absolute Gasteiger partial charge is 0.433 e. The zero-order valence-corrected chi connectivity index (χ0v) is 10.3. The highest BCUT2D eigenvalue weighted by atomic mass is 16.6. The Bertz CT molecular complexity index is 753. The smallest absolute Gasteiger partial charge is 0.399 e. The van der Waals surface area contributed by atoms with Gasteiger partial charge in [-0.3, -0.25) is 10.1 Å². The Labute approximate surface area is 113 Å². The number of hydrogen-bond donors (Lipinski definition) is 0. The van der Waals surface area contributed by atoms with Crippen molar-refractivity contribution in [1.29, 1.82) is 0 Å². The number of nitrogens with zero attached hydrogens (tertiary/aromatic N) is 3. The summed E-state index contributed by atoms with van der Waals surface area (Å²) in [6, 6.07) is 12.4. The number of nitro groups is 1. The summed E-state index contributed by atoms with van der Waals surface area (Å²) in [5, 5.41) is 10.7. The molecule has 3 rings (SSSR count). The van der Waals surface area contributed by atoms with E-state index in [0.29, 0.717) is 11.5 Å². The van der Waals surface area contributed by atoms with Crippen LogP contribution in [0.25, 0.3) is 22.6 Å². The molecule has 1 aromatic carbocycles. The normalized spacial score (nSPS) is 10.4. The maximum atomic E-state index is 10.7. The highest BCUT2D eigenvalue weighted by Gasteiger charge is 2.17. The first kappa shape index (κ1) is 12.0. The number of benzene rings is 1. The molecule has 0 amide bonds. The lowest BCUT2D eigenvalue weighted by Gasteiger charge is -2.05. The van der Waals surface area contributed by atoms with Gasteiger partial charge < -0.3 is 4.42 Å². The van der Waals surface area contributed by atoms with E-state index < -0.39 is 4.92 Å². The van der Waals surface area contributed by atoms with Gasteiger partial charge in [0.2, 0.25) is 0 Å². The number of furan rings is 1. The third-order valence-electron chi connectivity index (χ3n) is 2.80. The summed E-state index contributed by atoms with van der Waals surface area (Å²) in [6.07, 6.45) is 3.04. The predicted octanol–water partition coefficient (Wildman–Crippen LogP) is 3.31. The van der Waals surface area contributed by atoms with Gasteiger partial charge in [0.15, 0.2) is 5.76 Å². The molecule has 0 saturated carbocycles. The molecular formula is C14H9N3O3. The molecule has 0 bridgehead atoms. The molecule has 2 aromatic heterocycles. The SMILES string of the molecule is O=[N+]([O-])c1ccc(-c2ncncc2-c2ccccc2)o1. The van der Waals surface area contributed by atoms with Crippen LogP contribution < -0.4 is 0 Å². The highest BCUT2D eigenvalue weighted by molar-refractivity contribution is 5.77. The molecule has 0 spiro atoms. The minimum atomic E-state index is -0.577. The van der Waals surface area contributed by atoms with Crippen LogP contribution in [0.1, 0.15) is 0 Å². The molecule has 98 valence electrons. The average Bonchev–Trinajstić information content (AvgIpc) is 2.98. The molecule has 0 aliphatic rings. The molecular weight excluding hydrogens is 258 g/mol. The maximum Gasteiger partial charge on any atom is 0.433 e. The van der Waals surface area contributed by atoms with E-state index in [1.807, 2.05) is 30.3 Å². The van der Waals surface area contributed by atoms with Crippen LogP contribution in [0.3, 0.4) is 0 Å². The molecule has 3 aromatic rings. The average molecular weight is 267 g/mol. The lowest BCUT2D eigenvalue weighted by Crippen LogP contribution is -1.89. The third kappa shape index (κ3) is 2.14. The van der Waals surface area contributed by atoms with E-state index in [4.69, 9.17) is 4.42 Å². The van der Waals surface area contributed by atoms with Crippen LogP contribution in [0.15, 0.2) is 59.4 Å². The first-order valence-electron chi connectivity index (χ1n) is 5.86. The van der Waals surface area contributed by atoms with Gasteiger partial charge >= 0.3 is 5.88 Å². The molecule has 0 aliphatic heterocycles. The Hall–Kier alpha value is -3.02. The predicted molar refractivity (Wildman–Crippen MR) is 71.8 cm³/mol. The molecule has 0 atom stereocenters.